The Labute approximate surface area is 85.7 Å². The summed E-state index contributed by atoms with van der Waals surface area (Å²) in [7, 11) is 0. The Balaban J connectivity index is 2.44. The second kappa shape index (κ2) is 3.05. The summed E-state index contributed by atoms with van der Waals surface area (Å²) < 4.78 is 2.02. The molecule has 0 fully saturated rings. The van der Waals surface area contributed by atoms with Gasteiger partial charge in [0.2, 0.25) is 0 Å². The number of benzene rings is 1. The van der Waals surface area contributed by atoms with Crippen LogP contribution < -0.4 is 5.48 Å². The minimum Gasteiger partial charge on any atom is -0.300 e. The Kier molecular flexibility index (Phi) is 1.71. The van der Waals surface area contributed by atoms with E-state index in [4.69, 9.17) is 5.21 Å². The van der Waals surface area contributed by atoms with Gasteiger partial charge < -0.3 is 0 Å². The number of rotatable bonds is 1. The van der Waals surface area contributed by atoms with Gasteiger partial charge in [-0.1, -0.05) is 0 Å². The van der Waals surface area contributed by atoms with Crippen LogP contribution in [0.2, 0.25) is 0 Å². The van der Waals surface area contributed by atoms with Crippen molar-refractivity contribution < 1.29 is 10.7 Å². The summed E-state index contributed by atoms with van der Waals surface area (Å²) >= 11 is 0. The van der Waals surface area contributed by atoms with E-state index in [-0.39, 0.29) is 0 Å². The van der Waals surface area contributed by atoms with Crippen LogP contribution in [0.4, 0.5) is 5.69 Å². The predicted octanol–water partition coefficient (Wildman–Crippen LogP) is 1.07. The number of fused-ring (bicyclic) bond motifs is 3. The Morgan fingerprint density at radius 3 is 3.00 bits per heavy atom. The van der Waals surface area contributed by atoms with Gasteiger partial charge in [0, 0.05) is 29.9 Å². The fourth-order valence-corrected chi connectivity index (χ4v) is 1.81. The highest BCUT2D eigenvalue weighted by Crippen LogP contribution is 2.18. The SMILES string of the molecule is O[NH2+]c1ccc2c(ccc3nccn32)c1. The monoisotopic (exact) mass is 200 g/mol. The molecule has 4 nitrogen and oxygen atoms in total. The zero-order chi connectivity index (χ0) is 10.3. The van der Waals surface area contributed by atoms with Crippen LogP contribution in [0.3, 0.4) is 0 Å². The van der Waals surface area contributed by atoms with E-state index in [9.17, 15) is 0 Å². The van der Waals surface area contributed by atoms with Crippen molar-refractivity contribution in [1.29, 1.82) is 0 Å². The average Bonchev–Trinajstić information content (AvgIpc) is 2.76. The molecule has 0 radical (unpaired) electrons. The van der Waals surface area contributed by atoms with Crippen molar-refractivity contribution in [3.63, 3.8) is 0 Å². The zero-order valence-corrected chi connectivity index (χ0v) is 7.96. The van der Waals surface area contributed by atoms with Gasteiger partial charge in [0.25, 0.3) is 0 Å². The summed E-state index contributed by atoms with van der Waals surface area (Å²) in [6.45, 7) is 0. The van der Waals surface area contributed by atoms with Gasteiger partial charge in [-0.15, -0.1) is 0 Å². The zero-order valence-electron chi connectivity index (χ0n) is 7.96. The van der Waals surface area contributed by atoms with Crippen LogP contribution in [0.1, 0.15) is 0 Å². The van der Waals surface area contributed by atoms with E-state index in [0.717, 1.165) is 27.7 Å². The summed E-state index contributed by atoms with van der Waals surface area (Å²) in [4.78, 5) is 4.22. The molecule has 2 aromatic heterocycles. The first-order valence-corrected chi connectivity index (χ1v) is 4.72. The van der Waals surface area contributed by atoms with Crippen LogP contribution in [0.25, 0.3) is 16.6 Å². The molecule has 0 saturated carbocycles. The Hall–Kier alpha value is -1.91. The fraction of sp³-hybridized carbons (Fsp3) is 0. The predicted molar refractivity (Wildman–Crippen MR) is 56.1 cm³/mol. The first kappa shape index (κ1) is 8.40. The maximum Gasteiger partial charge on any atom is 0.162 e. The molecule has 3 rings (SSSR count). The highest BCUT2D eigenvalue weighted by atomic mass is 16.5. The number of pyridine rings is 1. The molecule has 0 atom stereocenters. The molecule has 0 bridgehead atoms. The number of hydrogen-bond donors (Lipinski definition) is 2. The number of aromatic nitrogens is 2. The quantitative estimate of drug-likeness (QED) is 0.456. The fourth-order valence-electron chi connectivity index (χ4n) is 1.81. The minimum atomic E-state index is 0.807. The van der Waals surface area contributed by atoms with Crippen LogP contribution in [0, 0.1) is 0 Å². The third-order valence-electron chi connectivity index (χ3n) is 2.54. The molecule has 15 heavy (non-hydrogen) atoms. The molecule has 0 aliphatic heterocycles. The van der Waals surface area contributed by atoms with E-state index < -0.39 is 0 Å². The largest absolute Gasteiger partial charge is 0.300 e. The molecule has 0 amide bonds. The third kappa shape index (κ3) is 1.20. The van der Waals surface area contributed by atoms with Crippen molar-refractivity contribution in [3.05, 3.63) is 42.7 Å². The highest BCUT2D eigenvalue weighted by molar-refractivity contribution is 5.83. The number of nitrogens with zero attached hydrogens (tertiary/aromatic N) is 2. The Morgan fingerprint density at radius 2 is 2.13 bits per heavy atom. The molecule has 0 aliphatic rings. The maximum absolute atomic E-state index is 8.93. The minimum absolute atomic E-state index is 0.807. The second-order valence-electron chi connectivity index (χ2n) is 3.44. The van der Waals surface area contributed by atoms with Crippen molar-refractivity contribution in [1.82, 2.24) is 9.38 Å². The van der Waals surface area contributed by atoms with Gasteiger partial charge in [-0.05, 0) is 18.2 Å². The van der Waals surface area contributed by atoms with Crippen molar-refractivity contribution in [2.24, 2.45) is 0 Å². The summed E-state index contributed by atoms with van der Waals surface area (Å²) in [5, 5.41) is 10.0. The molecule has 0 spiro atoms. The first-order chi connectivity index (χ1) is 7.38. The maximum atomic E-state index is 8.93. The van der Waals surface area contributed by atoms with Crippen molar-refractivity contribution in [2.75, 3.05) is 0 Å². The third-order valence-corrected chi connectivity index (χ3v) is 2.54. The lowest BCUT2D eigenvalue weighted by Gasteiger charge is -2.01. The van der Waals surface area contributed by atoms with Gasteiger partial charge in [0.1, 0.15) is 5.65 Å². The molecular formula is C11H10N3O+. The summed E-state index contributed by atoms with van der Waals surface area (Å²) in [5.41, 5.74) is 3.94. The van der Waals surface area contributed by atoms with E-state index >= 15 is 0 Å². The molecule has 3 N–H and O–H groups in total. The number of hydrogen-bond acceptors (Lipinski definition) is 2. The summed E-state index contributed by atoms with van der Waals surface area (Å²) in [5.74, 6) is 0. The van der Waals surface area contributed by atoms with Crippen LogP contribution in [0.15, 0.2) is 42.7 Å². The molecular weight excluding hydrogens is 190 g/mol. The molecule has 4 heteroatoms. The molecule has 0 unspecified atom stereocenters. The highest BCUT2D eigenvalue weighted by Gasteiger charge is 2.02. The van der Waals surface area contributed by atoms with Crippen molar-refractivity contribution in [3.8, 4) is 0 Å². The van der Waals surface area contributed by atoms with Gasteiger partial charge in [-0.2, -0.15) is 5.48 Å². The Morgan fingerprint density at radius 1 is 1.20 bits per heavy atom. The second-order valence-corrected chi connectivity index (χ2v) is 3.44. The van der Waals surface area contributed by atoms with E-state index in [1.54, 1.807) is 6.20 Å². The first-order valence-electron chi connectivity index (χ1n) is 4.72. The van der Waals surface area contributed by atoms with Crippen molar-refractivity contribution >= 4 is 22.2 Å². The normalized spacial score (nSPS) is 11.3. The van der Waals surface area contributed by atoms with E-state index in [1.807, 2.05) is 40.9 Å². The summed E-state index contributed by atoms with van der Waals surface area (Å²) in [6.07, 6.45) is 3.71. The van der Waals surface area contributed by atoms with Gasteiger partial charge in [0.05, 0.1) is 5.52 Å². The number of quaternary nitrogens is 1. The van der Waals surface area contributed by atoms with E-state index in [0.29, 0.717) is 0 Å². The lowest BCUT2D eigenvalue weighted by atomic mass is 10.2. The number of imidazole rings is 1. The molecule has 2 heterocycles. The van der Waals surface area contributed by atoms with E-state index in [1.165, 1.54) is 0 Å². The van der Waals surface area contributed by atoms with Crippen molar-refractivity contribution in [2.45, 2.75) is 0 Å². The average molecular weight is 200 g/mol. The summed E-state index contributed by atoms with van der Waals surface area (Å²) in [6, 6.07) is 9.76. The van der Waals surface area contributed by atoms with Crippen LogP contribution in [0.5, 0.6) is 0 Å². The molecule has 0 saturated heterocycles. The lowest BCUT2D eigenvalue weighted by Crippen LogP contribution is -2.73. The van der Waals surface area contributed by atoms with Gasteiger partial charge in [-0.25, -0.2) is 10.2 Å². The van der Waals surface area contributed by atoms with E-state index in [2.05, 4.69) is 4.98 Å². The standard InChI is InChI=1S/C11H9N3O/c15-13-9-2-3-10-8(7-9)1-4-11-12-5-6-14(10)11/h1-7,13,15H/p+1. The van der Waals surface area contributed by atoms with Gasteiger partial charge >= 0.3 is 0 Å². The van der Waals surface area contributed by atoms with Crippen LogP contribution in [-0.4, -0.2) is 14.6 Å². The Bertz CT molecular complexity index is 630. The molecule has 74 valence electrons. The lowest BCUT2D eigenvalue weighted by molar-refractivity contribution is -0.825. The molecule has 3 aromatic rings. The molecule has 1 aromatic carbocycles. The topological polar surface area (TPSA) is 54.1 Å². The van der Waals surface area contributed by atoms with Crippen LogP contribution in [-0.2, 0) is 0 Å². The number of nitrogens with two attached hydrogens (primary N) is 1. The van der Waals surface area contributed by atoms with Gasteiger partial charge in [0.15, 0.2) is 5.69 Å². The molecule has 0 aliphatic carbocycles. The van der Waals surface area contributed by atoms with Gasteiger partial charge in [-0.3, -0.25) is 4.40 Å². The smallest absolute Gasteiger partial charge is 0.162 e. The van der Waals surface area contributed by atoms with Crippen LogP contribution >= 0.6 is 0 Å².